The van der Waals surface area contributed by atoms with Gasteiger partial charge in [-0.1, -0.05) is 6.07 Å². The van der Waals surface area contributed by atoms with Gasteiger partial charge in [-0.3, -0.25) is 9.88 Å². The summed E-state index contributed by atoms with van der Waals surface area (Å²) in [4.78, 5) is 8.85. The van der Waals surface area contributed by atoms with E-state index in [1.807, 2.05) is 18.5 Å². The van der Waals surface area contributed by atoms with Crippen LogP contribution in [0.3, 0.4) is 0 Å². The standard InChI is InChI=1S/C17H26N6/c1-21(2)13-16-19-20-17(22(16)3)15-7-5-9-23(12-15)11-14-6-4-8-18-10-14/h4,6,8,10,15H,5,7,9,11-13H2,1-3H3. The Kier molecular flexibility index (Phi) is 5.03. The van der Waals surface area contributed by atoms with E-state index in [4.69, 9.17) is 0 Å². The van der Waals surface area contributed by atoms with Crippen LogP contribution in [0.15, 0.2) is 24.5 Å². The highest BCUT2D eigenvalue weighted by Crippen LogP contribution is 2.26. The molecule has 2 aromatic heterocycles. The largest absolute Gasteiger partial charge is 0.317 e. The maximum atomic E-state index is 4.48. The molecule has 1 atom stereocenters. The van der Waals surface area contributed by atoms with Crippen LogP contribution >= 0.6 is 0 Å². The second kappa shape index (κ2) is 7.19. The molecule has 0 spiro atoms. The van der Waals surface area contributed by atoms with E-state index in [0.717, 1.165) is 37.8 Å². The summed E-state index contributed by atoms with van der Waals surface area (Å²) in [5, 5.41) is 8.86. The van der Waals surface area contributed by atoms with Crippen LogP contribution in [0.1, 0.15) is 36.0 Å². The summed E-state index contributed by atoms with van der Waals surface area (Å²) in [7, 11) is 6.21. The quantitative estimate of drug-likeness (QED) is 0.840. The molecular formula is C17H26N6. The molecule has 0 bridgehead atoms. The van der Waals surface area contributed by atoms with Crippen molar-refractivity contribution < 1.29 is 0 Å². The van der Waals surface area contributed by atoms with Crippen LogP contribution in [0.4, 0.5) is 0 Å². The Morgan fingerprint density at radius 1 is 1.30 bits per heavy atom. The molecule has 0 aliphatic carbocycles. The Morgan fingerprint density at radius 2 is 2.17 bits per heavy atom. The van der Waals surface area contributed by atoms with Crippen molar-refractivity contribution in [3.63, 3.8) is 0 Å². The molecule has 124 valence electrons. The minimum atomic E-state index is 0.467. The molecule has 1 unspecified atom stereocenters. The van der Waals surface area contributed by atoms with Gasteiger partial charge in [0.25, 0.3) is 0 Å². The Bertz CT molecular complexity index is 621. The van der Waals surface area contributed by atoms with Crippen molar-refractivity contribution in [1.82, 2.24) is 29.5 Å². The van der Waals surface area contributed by atoms with Gasteiger partial charge in [-0.25, -0.2) is 0 Å². The lowest BCUT2D eigenvalue weighted by molar-refractivity contribution is 0.194. The summed E-state index contributed by atoms with van der Waals surface area (Å²) in [6.45, 7) is 3.99. The fourth-order valence-corrected chi connectivity index (χ4v) is 3.31. The second-order valence-electron chi connectivity index (χ2n) is 6.71. The van der Waals surface area contributed by atoms with Crippen molar-refractivity contribution in [3.8, 4) is 0 Å². The Hall–Kier alpha value is -1.79. The molecule has 2 aromatic rings. The van der Waals surface area contributed by atoms with Gasteiger partial charge in [0.05, 0.1) is 6.54 Å². The first kappa shape index (κ1) is 16.1. The summed E-state index contributed by atoms with van der Waals surface area (Å²) in [6, 6.07) is 4.15. The molecule has 6 nitrogen and oxygen atoms in total. The summed E-state index contributed by atoms with van der Waals surface area (Å²) in [6.07, 6.45) is 6.19. The van der Waals surface area contributed by atoms with Crippen LogP contribution in [0.2, 0.25) is 0 Å². The zero-order chi connectivity index (χ0) is 16.2. The van der Waals surface area contributed by atoms with Crippen LogP contribution in [-0.4, -0.2) is 56.7 Å². The zero-order valence-electron chi connectivity index (χ0n) is 14.3. The van der Waals surface area contributed by atoms with E-state index in [-0.39, 0.29) is 0 Å². The fourth-order valence-electron chi connectivity index (χ4n) is 3.31. The van der Waals surface area contributed by atoms with E-state index in [1.54, 1.807) is 0 Å². The molecule has 0 N–H and O–H groups in total. The van der Waals surface area contributed by atoms with E-state index in [0.29, 0.717) is 5.92 Å². The van der Waals surface area contributed by atoms with Crippen LogP contribution in [0.25, 0.3) is 0 Å². The van der Waals surface area contributed by atoms with E-state index < -0.39 is 0 Å². The highest BCUT2D eigenvalue weighted by atomic mass is 15.3. The van der Waals surface area contributed by atoms with E-state index >= 15 is 0 Å². The van der Waals surface area contributed by atoms with Crippen LogP contribution in [-0.2, 0) is 20.1 Å². The number of rotatable bonds is 5. The first-order chi connectivity index (χ1) is 11.1. The topological polar surface area (TPSA) is 50.1 Å². The van der Waals surface area contributed by atoms with Crippen molar-refractivity contribution in [2.75, 3.05) is 27.2 Å². The van der Waals surface area contributed by atoms with Gasteiger partial charge in [0.15, 0.2) is 0 Å². The van der Waals surface area contributed by atoms with Gasteiger partial charge in [-0.05, 0) is 45.1 Å². The third kappa shape index (κ3) is 3.95. The van der Waals surface area contributed by atoms with Crippen molar-refractivity contribution in [2.24, 2.45) is 7.05 Å². The summed E-state index contributed by atoms with van der Waals surface area (Å²) < 4.78 is 2.18. The Labute approximate surface area is 138 Å². The second-order valence-corrected chi connectivity index (χ2v) is 6.71. The molecule has 0 saturated carbocycles. The molecule has 6 heteroatoms. The molecule has 0 radical (unpaired) electrons. The monoisotopic (exact) mass is 314 g/mol. The average molecular weight is 314 g/mol. The number of hydrogen-bond acceptors (Lipinski definition) is 5. The van der Waals surface area contributed by atoms with E-state index in [2.05, 4.69) is 56.8 Å². The van der Waals surface area contributed by atoms with Gasteiger partial charge in [-0.2, -0.15) is 0 Å². The van der Waals surface area contributed by atoms with Crippen LogP contribution in [0, 0.1) is 0 Å². The molecule has 1 aliphatic rings. The third-order valence-electron chi connectivity index (χ3n) is 4.46. The number of pyridine rings is 1. The van der Waals surface area contributed by atoms with Gasteiger partial charge in [0.2, 0.25) is 0 Å². The SMILES string of the molecule is CN(C)Cc1nnc(C2CCCN(Cc3cccnc3)C2)n1C. The highest BCUT2D eigenvalue weighted by Gasteiger charge is 2.26. The van der Waals surface area contributed by atoms with Gasteiger partial charge < -0.3 is 9.47 Å². The van der Waals surface area contributed by atoms with Gasteiger partial charge in [-0.15, -0.1) is 10.2 Å². The summed E-state index contributed by atoms with van der Waals surface area (Å²) in [5.41, 5.74) is 1.28. The zero-order valence-corrected chi connectivity index (χ0v) is 14.3. The van der Waals surface area contributed by atoms with Crippen molar-refractivity contribution >= 4 is 0 Å². The van der Waals surface area contributed by atoms with Gasteiger partial charge in [0, 0.05) is 38.4 Å². The first-order valence-corrected chi connectivity index (χ1v) is 8.27. The number of nitrogens with zero attached hydrogens (tertiary/aromatic N) is 6. The minimum Gasteiger partial charge on any atom is -0.317 e. The lowest BCUT2D eigenvalue weighted by Gasteiger charge is -2.32. The van der Waals surface area contributed by atoms with Gasteiger partial charge in [0.1, 0.15) is 11.6 Å². The number of hydrogen-bond donors (Lipinski definition) is 0. The van der Waals surface area contributed by atoms with Crippen molar-refractivity contribution in [3.05, 3.63) is 41.7 Å². The lowest BCUT2D eigenvalue weighted by atomic mass is 9.97. The predicted octanol–water partition coefficient (Wildman–Crippen LogP) is 1.65. The maximum Gasteiger partial charge on any atom is 0.146 e. The molecule has 23 heavy (non-hydrogen) atoms. The minimum absolute atomic E-state index is 0.467. The molecule has 1 aliphatic heterocycles. The molecule has 1 fully saturated rings. The molecule has 3 heterocycles. The van der Waals surface area contributed by atoms with E-state index in [9.17, 15) is 0 Å². The number of aromatic nitrogens is 4. The molecule has 0 aromatic carbocycles. The average Bonchev–Trinajstić information content (AvgIpc) is 2.89. The number of piperidine rings is 1. The molecule has 1 saturated heterocycles. The first-order valence-electron chi connectivity index (χ1n) is 8.27. The normalized spacial score (nSPS) is 19.4. The maximum absolute atomic E-state index is 4.48. The molecule has 0 amide bonds. The smallest absolute Gasteiger partial charge is 0.146 e. The molecular weight excluding hydrogens is 288 g/mol. The number of likely N-dealkylation sites (tertiary alicyclic amines) is 1. The molecule has 3 rings (SSSR count). The Balaban J connectivity index is 1.68. The Morgan fingerprint density at radius 3 is 2.91 bits per heavy atom. The predicted molar refractivity (Wildman–Crippen MR) is 89.9 cm³/mol. The highest BCUT2D eigenvalue weighted by molar-refractivity contribution is 5.09. The fraction of sp³-hybridized carbons (Fsp3) is 0.588. The third-order valence-corrected chi connectivity index (χ3v) is 4.46. The summed E-state index contributed by atoms with van der Waals surface area (Å²) >= 11 is 0. The van der Waals surface area contributed by atoms with Gasteiger partial charge >= 0.3 is 0 Å². The van der Waals surface area contributed by atoms with Crippen LogP contribution < -0.4 is 0 Å². The lowest BCUT2D eigenvalue weighted by Crippen LogP contribution is -2.35. The van der Waals surface area contributed by atoms with Crippen LogP contribution in [0.5, 0.6) is 0 Å². The van der Waals surface area contributed by atoms with E-state index in [1.165, 1.54) is 18.4 Å². The van der Waals surface area contributed by atoms with Crippen molar-refractivity contribution in [2.45, 2.75) is 31.8 Å². The van der Waals surface area contributed by atoms with Crippen molar-refractivity contribution in [1.29, 1.82) is 0 Å². The summed E-state index contributed by atoms with van der Waals surface area (Å²) in [5.74, 6) is 2.63.